The zero-order valence-electron chi connectivity index (χ0n) is 11.7. The smallest absolute Gasteiger partial charge is 0.262 e. The summed E-state index contributed by atoms with van der Waals surface area (Å²) in [6, 6.07) is 12.5. The van der Waals surface area contributed by atoms with Crippen LogP contribution in [-0.2, 0) is 0 Å². The Morgan fingerprint density at radius 2 is 2.10 bits per heavy atom. The van der Waals surface area contributed by atoms with E-state index in [-0.39, 0.29) is 18.3 Å². The molecule has 2 aromatic rings. The molecule has 0 saturated carbocycles. The van der Waals surface area contributed by atoms with Crippen molar-refractivity contribution < 1.29 is 4.79 Å². The van der Waals surface area contributed by atoms with Crippen molar-refractivity contribution in [3.05, 3.63) is 46.7 Å². The number of carbonyl (C=O) groups excluding carboxylic acids is 1. The van der Waals surface area contributed by atoms with Crippen LogP contribution in [0.2, 0.25) is 0 Å². The molecule has 2 heterocycles. The van der Waals surface area contributed by atoms with Gasteiger partial charge in [-0.3, -0.25) is 4.79 Å². The Labute approximate surface area is 135 Å². The quantitative estimate of drug-likeness (QED) is 0.906. The molecule has 2 N–H and O–H groups in total. The Balaban J connectivity index is 0.00000161. The van der Waals surface area contributed by atoms with Gasteiger partial charge in [0.15, 0.2) is 0 Å². The van der Waals surface area contributed by atoms with Crippen molar-refractivity contribution in [2.24, 2.45) is 0 Å². The maximum atomic E-state index is 12.3. The van der Waals surface area contributed by atoms with E-state index in [0.717, 1.165) is 29.0 Å². The van der Waals surface area contributed by atoms with Crippen molar-refractivity contribution in [2.45, 2.75) is 18.9 Å². The Kier molecular flexibility index (Phi) is 5.79. The van der Waals surface area contributed by atoms with Crippen molar-refractivity contribution in [1.29, 1.82) is 0 Å². The highest BCUT2D eigenvalue weighted by Crippen LogP contribution is 2.28. The van der Waals surface area contributed by atoms with Gasteiger partial charge in [0.05, 0.1) is 4.88 Å². The van der Waals surface area contributed by atoms with Crippen LogP contribution in [-0.4, -0.2) is 25.0 Å². The monoisotopic (exact) mass is 322 g/mol. The molecule has 0 bridgehead atoms. The summed E-state index contributed by atoms with van der Waals surface area (Å²) in [7, 11) is 0. The third kappa shape index (κ3) is 3.84. The van der Waals surface area contributed by atoms with Gasteiger partial charge in [-0.25, -0.2) is 0 Å². The summed E-state index contributed by atoms with van der Waals surface area (Å²) in [5.74, 6) is 0.0348. The molecule has 5 heteroatoms. The highest BCUT2D eigenvalue weighted by Gasteiger charge is 2.18. The maximum Gasteiger partial charge on any atom is 0.262 e. The predicted octanol–water partition coefficient (Wildman–Crippen LogP) is 3.32. The van der Waals surface area contributed by atoms with Crippen LogP contribution in [0.3, 0.4) is 0 Å². The molecule has 1 atom stereocenters. The second-order valence-corrected chi connectivity index (χ2v) is 5.95. The van der Waals surface area contributed by atoms with E-state index in [4.69, 9.17) is 0 Å². The molecular weight excluding hydrogens is 304 g/mol. The van der Waals surface area contributed by atoms with E-state index in [2.05, 4.69) is 10.6 Å². The second kappa shape index (κ2) is 7.59. The van der Waals surface area contributed by atoms with Gasteiger partial charge in [-0.15, -0.1) is 23.7 Å². The van der Waals surface area contributed by atoms with Gasteiger partial charge >= 0.3 is 0 Å². The van der Waals surface area contributed by atoms with Crippen LogP contribution in [0.5, 0.6) is 0 Å². The molecule has 0 radical (unpaired) electrons. The van der Waals surface area contributed by atoms with Crippen LogP contribution < -0.4 is 10.6 Å². The van der Waals surface area contributed by atoms with E-state index in [0.29, 0.717) is 12.6 Å². The van der Waals surface area contributed by atoms with Crippen LogP contribution >= 0.6 is 23.7 Å². The van der Waals surface area contributed by atoms with Gasteiger partial charge in [-0.2, -0.15) is 0 Å². The van der Waals surface area contributed by atoms with Gasteiger partial charge in [0, 0.05) is 18.2 Å². The first kappa shape index (κ1) is 16.0. The lowest BCUT2D eigenvalue weighted by molar-refractivity contribution is 0.0955. The molecule has 0 spiro atoms. The van der Waals surface area contributed by atoms with Gasteiger partial charge in [0.25, 0.3) is 5.91 Å². The molecule has 1 unspecified atom stereocenters. The zero-order valence-corrected chi connectivity index (χ0v) is 13.3. The van der Waals surface area contributed by atoms with Crippen molar-refractivity contribution in [3.8, 4) is 11.1 Å². The number of benzene rings is 1. The summed E-state index contributed by atoms with van der Waals surface area (Å²) < 4.78 is 0. The zero-order chi connectivity index (χ0) is 13.8. The SMILES string of the molecule is Cl.O=C(NCC1CCCN1)c1sccc1-c1ccccc1. The molecule has 1 saturated heterocycles. The molecule has 1 aliphatic heterocycles. The summed E-state index contributed by atoms with van der Waals surface area (Å²) in [6.07, 6.45) is 2.35. The van der Waals surface area contributed by atoms with E-state index in [1.807, 2.05) is 41.8 Å². The van der Waals surface area contributed by atoms with Gasteiger partial charge in [-0.1, -0.05) is 30.3 Å². The number of hydrogen-bond acceptors (Lipinski definition) is 3. The number of nitrogens with one attached hydrogen (secondary N) is 2. The third-order valence-corrected chi connectivity index (χ3v) is 4.54. The molecule has 21 heavy (non-hydrogen) atoms. The van der Waals surface area contributed by atoms with E-state index < -0.39 is 0 Å². The molecule has 3 nitrogen and oxygen atoms in total. The number of halogens is 1. The lowest BCUT2D eigenvalue weighted by atomic mass is 10.1. The minimum Gasteiger partial charge on any atom is -0.350 e. The highest BCUT2D eigenvalue weighted by atomic mass is 35.5. The molecule has 3 rings (SSSR count). The van der Waals surface area contributed by atoms with E-state index in [1.54, 1.807) is 0 Å². The number of hydrogen-bond donors (Lipinski definition) is 2. The van der Waals surface area contributed by atoms with Crippen molar-refractivity contribution in [2.75, 3.05) is 13.1 Å². The normalized spacial score (nSPS) is 17.2. The summed E-state index contributed by atoms with van der Waals surface area (Å²) >= 11 is 1.50. The van der Waals surface area contributed by atoms with Gasteiger partial charge in [0.2, 0.25) is 0 Å². The molecule has 112 valence electrons. The van der Waals surface area contributed by atoms with Gasteiger partial charge in [0.1, 0.15) is 0 Å². The minimum atomic E-state index is 0. The molecule has 1 aromatic carbocycles. The Hall–Kier alpha value is -1.36. The van der Waals surface area contributed by atoms with Crippen LogP contribution in [0.4, 0.5) is 0 Å². The second-order valence-electron chi connectivity index (χ2n) is 5.03. The maximum absolute atomic E-state index is 12.3. The largest absolute Gasteiger partial charge is 0.350 e. The fraction of sp³-hybridized carbons (Fsp3) is 0.312. The van der Waals surface area contributed by atoms with Crippen molar-refractivity contribution in [1.82, 2.24) is 10.6 Å². The predicted molar refractivity (Wildman–Crippen MR) is 90.4 cm³/mol. The topological polar surface area (TPSA) is 41.1 Å². The van der Waals surface area contributed by atoms with Crippen LogP contribution in [0.25, 0.3) is 11.1 Å². The lowest BCUT2D eigenvalue weighted by Crippen LogP contribution is -2.37. The molecular formula is C16H19ClN2OS. The average molecular weight is 323 g/mol. The molecule has 1 amide bonds. The number of thiophene rings is 1. The molecule has 1 aromatic heterocycles. The van der Waals surface area contributed by atoms with Crippen LogP contribution in [0.1, 0.15) is 22.5 Å². The summed E-state index contributed by atoms with van der Waals surface area (Å²) in [4.78, 5) is 13.1. The first-order valence-electron chi connectivity index (χ1n) is 6.99. The minimum absolute atomic E-state index is 0. The highest BCUT2D eigenvalue weighted by molar-refractivity contribution is 7.12. The first-order chi connectivity index (χ1) is 9.84. The van der Waals surface area contributed by atoms with Crippen LogP contribution in [0.15, 0.2) is 41.8 Å². The Morgan fingerprint density at radius 3 is 2.81 bits per heavy atom. The lowest BCUT2D eigenvalue weighted by Gasteiger charge is -2.11. The van der Waals surface area contributed by atoms with Crippen molar-refractivity contribution >= 4 is 29.7 Å². The first-order valence-corrected chi connectivity index (χ1v) is 7.87. The summed E-state index contributed by atoms with van der Waals surface area (Å²) in [6.45, 7) is 1.78. The van der Waals surface area contributed by atoms with Gasteiger partial charge < -0.3 is 10.6 Å². The van der Waals surface area contributed by atoms with Crippen molar-refractivity contribution in [3.63, 3.8) is 0 Å². The summed E-state index contributed by atoms with van der Waals surface area (Å²) in [5, 5.41) is 8.42. The fourth-order valence-electron chi connectivity index (χ4n) is 2.56. The molecule has 1 aliphatic rings. The fourth-order valence-corrected chi connectivity index (χ4v) is 3.39. The number of carbonyl (C=O) groups is 1. The third-order valence-electron chi connectivity index (χ3n) is 3.63. The Bertz CT molecular complexity index is 579. The van der Waals surface area contributed by atoms with E-state index in [1.165, 1.54) is 17.8 Å². The summed E-state index contributed by atoms with van der Waals surface area (Å²) in [5.41, 5.74) is 2.12. The average Bonchev–Trinajstić information content (AvgIpc) is 3.17. The molecule has 1 fully saturated rings. The Morgan fingerprint density at radius 1 is 1.29 bits per heavy atom. The van der Waals surface area contributed by atoms with Gasteiger partial charge in [-0.05, 0) is 36.4 Å². The van der Waals surface area contributed by atoms with Crippen LogP contribution in [0, 0.1) is 0 Å². The number of amides is 1. The standard InChI is InChI=1S/C16H18N2OS.ClH/c19-16(18-11-13-7-4-9-17-13)15-14(8-10-20-15)12-5-2-1-3-6-12;/h1-3,5-6,8,10,13,17H,4,7,9,11H2,(H,18,19);1H. The van der Waals surface area contributed by atoms with E-state index >= 15 is 0 Å². The van der Waals surface area contributed by atoms with E-state index in [9.17, 15) is 4.79 Å². The number of rotatable bonds is 4. The molecule has 0 aliphatic carbocycles.